The maximum absolute atomic E-state index is 11.7. The van der Waals surface area contributed by atoms with Gasteiger partial charge in [0.25, 0.3) is 0 Å². The molecule has 2 unspecified atom stereocenters. The minimum absolute atomic E-state index is 0.136. The maximum atomic E-state index is 11.7. The summed E-state index contributed by atoms with van der Waals surface area (Å²) in [7, 11) is 0. The van der Waals surface area contributed by atoms with Gasteiger partial charge in [0.1, 0.15) is 0 Å². The quantitative estimate of drug-likeness (QED) is 0.753. The number of nitrogens with zero attached hydrogens (tertiary/aromatic N) is 2. The first-order valence-electron chi connectivity index (χ1n) is 6.18. The van der Waals surface area contributed by atoms with Crippen LogP contribution in [0.1, 0.15) is 39.2 Å². The van der Waals surface area contributed by atoms with Gasteiger partial charge in [0.2, 0.25) is 5.91 Å². The lowest BCUT2D eigenvalue weighted by Gasteiger charge is -2.30. The van der Waals surface area contributed by atoms with Crippen LogP contribution in [0.3, 0.4) is 0 Å². The molecule has 1 aliphatic rings. The Kier molecular flexibility index (Phi) is 3.96. The van der Waals surface area contributed by atoms with Gasteiger partial charge in [0.15, 0.2) is 0 Å². The monoisotopic (exact) mass is 362 g/mol. The molecule has 0 spiro atoms. The van der Waals surface area contributed by atoms with Gasteiger partial charge in [0.05, 0.1) is 21.3 Å². The number of carbonyl (C=O) groups excluding carboxylic acids is 1. The Balaban J connectivity index is 2.05. The molecule has 1 amide bonds. The third kappa shape index (κ3) is 3.23. The van der Waals surface area contributed by atoms with Crippen molar-refractivity contribution in [3.63, 3.8) is 0 Å². The molecule has 0 radical (unpaired) electrons. The molecule has 2 atom stereocenters. The van der Waals surface area contributed by atoms with Crippen molar-refractivity contribution in [1.29, 1.82) is 0 Å². The van der Waals surface area contributed by atoms with Crippen LogP contribution in [0.15, 0.2) is 12.4 Å². The van der Waals surface area contributed by atoms with Crippen LogP contribution in [0, 0.1) is 3.57 Å². The number of halogens is 1. The van der Waals surface area contributed by atoms with E-state index in [-0.39, 0.29) is 11.9 Å². The zero-order chi connectivity index (χ0) is 13.3. The molecule has 1 saturated carbocycles. The first kappa shape index (κ1) is 13.8. The van der Waals surface area contributed by atoms with E-state index in [1.807, 2.05) is 24.0 Å². The molecular formula is C12H19IN4O. The van der Waals surface area contributed by atoms with E-state index in [1.165, 1.54) is 0 Å². The third-order valence-corrected chi connectivity index (χ3v) is 3.93. The molecule has 1 heterocycles. The molecular weight excluding hydrogens is 343 g/mol. The van der Waals surface area contributed by atoms with Crippen molar-refractivity contribution < 1.29 is 4.79 Å². The number of carbonyl (C=O) groups is 1. The van der Waals surface area contributed by atoms with Crippen molar-refractivity contribution in [2.24, 2.45) is 5.73 Å². The average molecular weight is 362 g/mol. The van der Waals surface area contributed by atoms with Gasteiger partial charge >= 0.3 is 0 Å². The largest absolute Gasteiger partial charge is 0.368 e. The number of hydrogen-bond acceptors (Lipinski definition) is 3. The fraction of sp³-hybridized carbons (Fsp3) is 0.667. The van der Waals surface area contributed by atoms with Crippen LogP contribution in [-0.2, 0) is 4.79 Å². The molecule has 1 aromatic rings. The Morgan fingerprint density at radius 1 is 1.78 bits per heavy atom. The number of nitrogens with one attached hydrogen (secondary N) is 1. The second kappa shape index (κ2) is 5.16. The topological polar surface area (TPSA) is 72.9 Å². The highest BCUT2D eigenvalue weighted by molar-refractivity contribution is 14.1. The normalized spacial score (nSPS) is 20.4. The molecule has 5 nitrogen and oxygen atoms in total. The highest BCUT2D eigenvalue weighted by Gasteiger charge is 2.38. The van der Waals surface area contributed by atoms with Crippen LogP contribution < -0.4 is 11.1 Å². The summed E-state index contributed by atoms with van der Waals surface area (Å²) < 4.78 is 2.98. The van der Waals surface area contributed by atoms with Gasteiger partial charge in [0, 0.05) is 12.2 Å². The standard InChI is InChI=1S/C12H19IN4O/c1-8(17-7-9(13)6-15-17)5-12(2,11(14)18)16-10-3-4-10/h6-8,10,16H,3-5H2,1-2H3,(H2,14,18). The van der Waals surface area contributed by atoms with Gasteiger partial charge in [-0.05, 0) is 55.7 Å². The van der Waals surface area contributed by atoms with Crippen molar-refractivity contribution in [3.05, 3.63) is 16.0 Å². The Bertz CT molecular complexity index is 443. The number of amides is 1. The Labute approximate surface area is 121 Å². The average Bonchev–Trinajstić information content (AvgIpc) is 2.97. The first-order valence-corrected chi connectivity index (χ1v) is 7.26. The van der Waals surface area contributed by atoms with Crippen molar-refractivity contribution in [2.75, 3.05) is 0 Å². The van der Waals surface area contributed by atoms with E-state index in [9.17, 15) is 4.79 Å². The predicted octanol–water partition coefficient (Wildman–Crippen LogP) is 1.43. The third-order valence-electron chi connectivity index (χ3n) is 3.37. The SMILES string of the molecule is CC(CC(C)(NC1CC1)C(N)=O)n1cc(I)cn1. The van der Waals surface area contributed by atoms with E-state index in [2.05, 4.69) is 39.9 Å². The van der Waals surface area contributed by atoms with E-state index in [0.717, 1.165) is 16.4 Å². The molecule has 0 bridgehead atoms. The molecule has 1 aromatic heterocycles. The molecule has 0 aliphatic heterocycles. The summed E-state index contributed by atoms with van der Waals surface area (Å²) in [6, 6.07) is 0.588. The molecule has 1 fully saturated rings. The lowest BCUT2D eigenvalue weighted by atomic mass is 9.92. The fourth-order valence-corrected chi connectivity index (χ4v) is 2.56. The number of primary amides is 1. The lowest BCUT2D eigenvalue weighted by Crippen LogP contribution is -2.55. The molecule has 18 heavy (non-hydrogen) atoms. The number of rotatable bonds is 6. The Morgan fingerprint density at radius 2 is 2.44 bits per heavy atom. The van der Waals surface area contributed by atoms with E-state index < -0.39 is 5.54 Å². The molecule has 0 aromatic carbocycles. The minimum Gasteiger partial charge on any atom is -0.368 e. The van der Waals surface area contributed by atoms with Crippen molar-refractivity contribution in [1.82, 2.24) is 15.1 Å². The van der Waals surface area contributed by atoms with Crippen LogP contribution in [0.2, 0.25) is 0 Å². The second-order valence-corrected chi connectivity index (χ2v) is 6.55. The summed E-state index contributed by atoms with van der Waals surface area (Å²) in [5.74, 6) is -0.289. The highest BCUT2D eigenvalue weighted by atomic mass is 127. The lowest BCUT2D eigenvalue weighted by molar-refractivity contribution is -0.124. The van der Waals surface area contributed by atoms with E-state index in [0.29, 0.717) is 12.5 Å². The van der Waals surface area contributed by atoms with Gasteiger partial charge in [-0.3, -0.25) is 9.48 Å². The van der Waals surface area contributed by atoms with Crippen LogP contribution in [0.5, 0.6) is 0 Å². The molecule has 3 N–H and O–H groups in total. The number of hydrogen-bond donors (Lipinski definition) is 2. The number of nitrogens with two attached hydrogens (primary N) is 1. The van der Waals surface area contributed by atoms with Gasteiger partial charge in [-0.1, -0.05) is 0 Å². The van der Waals surface area contributed by atoms with Crippen molar-refractivity contribution in [3.8, 4) is 0 Å². The summed E-state index contributed by atoms with van der Waals surface area (Å²) in [4.78, 5) is 11.7. The first-order chi connectivity index (χ1) is 8.40. The second-order valence-electron chi connectivity index (χ2n) is 5.31. The van der Waals surface area contributed by atoms with Crippen molar-refractivity contribution in [2.45, 2.75) is 50.7 Å². The van der Waals surface area contributed by atoms with Gasteiger partial charge in [-0.15, -0.1) is 0 Å². The summed E-state index contributed by atoms with van der Waals surface area (Å²) in [5, 5.41) is 7.64. The summed E-state index contributed by atoms with van der Waals surface area (Å²) in [5.41, 5.74) is 4.89. The van der Waals surface area contributed by atoms with E-state index in [4.69, 9.17) is 5.73 Å². The zero-order valence-electron chi connectivity index (χ0n) is 10.7. The Hall–Kier alpha value is -0.630. The van der Waals surface area contributed by atoms with Crippen molar-refractivity contribution >= 4 is 28.5 Å². The van der Waals surface area contributed by atoms with Crippen LogP contribution in [0.4, 0.5) is 0 Å². The minimum atomic E-state index is -0.655. The highest BCUT2D eigenvalue weighted by Crippen LogP contribution is 2.27. The molecule has 100 valence electrons. The molecule has 6 heteroatoms. The smallest absolute Gasteiger partial charge is 0.237 e. The number of aromatic nitrogens is 2. The van der Waals surface area contributed by atoms with Gasteiger partial charge in [-0.2, -0.15) is 5.10 Å². The van der Waals surface area contributed by atoms with Crippen LogP contribution in [-0.4, -0.2) is 27.3 Å². The Morgan fingerprint density at radius 3 is 2.89 bits per heavy atom. The van der Waals surface area contributed by atoms with Crippen LogP contribution in [0.25, 0.3) is 0 Å². The summed E-state index contributed by atoms with van der Waals surface area (Å²) >= 11 is 2.22. The molecule has 2 rings (SSSR count). The maximum Gasteiger partial charge on any atom is 0.237 e. The predicted molar refractivity (Wildman–Crippen MR) is 78.0 cm³/mol. The fourth-order valence-electron chi connectivity index (χ4n) is 2.15. The summed E-state index contributed by atoms with van der Waals surface area (Å²) in [6.07, 6.45) is 6.71. The molecule has 0 saturated heterocycles. The van der Waals surface area contributed by atoms with E-state index >= 15 is 0 Å². The van der Waals surface area contributed by atoms with E-state index in [1.54, 1.807) is 0 Å². The van der Waals surface area contributed by atoms with Gasteiger partial charge in [-0.25, -0.2) is 0 Å². The molecule has 1 aliphatic carbocycles. The summed E-state index contributed by atoms with van der Waals surface area (Å²) in [6.45, 7) is 3.94. The van der Waals surface area contributed by atoms with Crippen LogP contribution >= 0.6 is 22.6 Å². The zero-order valence-corrected chi connectivity index (χ0v) is 12.8. The van der Waals surface area contributed by atoms with Gasteiger partial charge < -0.3 is 11.1 Å².